The van der Waals surface area contributed by atoms with Crippen molar-refractivity contribution in [3.8, 4) is 22.4 Å². The van der Waals surface area contributed by atoms with E-state index in [1.54, 1.807) is 6.20 Å². The van der Waals surface area contributed by atoms with Crippen LogP contribution in [0.1, 0.15) is 31.2 Å². The molecule has 0 amide bonds. The average molecular weight is 503 g/mol. The van der Waals surface area contributed by atoms with Crippen LogP contribution >= 0.6 is 23.2 Å². The van der Waals surface area contributed by atoms with Gasteiger partial charge in [0, 0.05) is 33.9 Å². The maximum Gasteiger partial charge on any atom is 0.259 e. The summed E-state index contributed by atoms with van der Waals surface area (Å²) in [6.45, 7) is 0.282. The molecule has 1 heterocycles. The monoisotopic (exact) mass is 502 g/mol. The molecule has 3 aromatic rings. The highest BCUT2D eigenvalue weighted by Crippen LogP contribution is 2.32. The lowest BCUT2D eigenvalue weighted by atomic mass is 9.98. The average Bonchev–Trinajstić information content (AvgIpc) is 3.35. The zero-order chi connectivity index (χ0) is 23.4. The summed E-state index contributed by atoms with van der Waals surface area (Å²) in [6, 6.07) is 17.0. The quantitative estimate of drug-likeness (QED) is 0.347. The lowest BCUT2D eigenvalue weighted by Crippen LogP contribution is -2.33. The number of aromatic nitrogens is 1. The van der Waals surface area contributed by atoms with E-state index in [9.17, 15) is 8.42 Å². The Bertz CT molecular complexity index is 1250. The standard InChI is InChI=1S/C24H24Cl2N4O2S/c25-19-9-5-17(6-10-19)22-13-16(14-28-23(22)18-7-11-20(26)12-8-18)15-29-24(27)30-33(31,32)21-3-1-2-4-21/h5-14,21H,1-4,15H2,(H3,27,29,30). The van der Waals surface area contributed by atoms with Gasteiger partial charge < -0.3 is 11.1 Å². The Morgan fingerprint density at radius 2 is 1.58 bits per heavy atom. The Labute approximate surface area is 203 Å². The molecule has 3 N–H and O–H groups in total. The van der Waals surface area contributed by atoms with Crippen LogP contribution < -0.4 is 11.1 Å². The van der Waals surface area contributed by atoms with E-state index in [1.807, 2.05) is 54.6 Å². The summed E-state index contributed by atoms with van der Waals surface area (Å²) < 4.78 is 28.6. The predicted molar refractivity (Wildman–Crippen MR) is 135 cm³/mol. The number of nitrogens with two attached hydrogens (primary N) is 1. The Kier molecular flexibility index (Phi) is 7.22. The molecular weight excluding hydrogens is 479 g/mol. The van der Waals surface area contributed by atoms with Crippen molar-refractivity contribution < 1.29 is 8.42 Å². The number of sulfonamides is 1. The molecule has 0 bridgehead atoms. The van der Waals surface area contributed by atoms with E-state index in [0.29, 0.717) is 22.9 Å². The molecule has 0 atom stereocenters. The van der Waals surface area contributed by atoms with Gasteiger partial charge in [-0.05, 0) is 54.3 Å². The summed E-state index contributed by atoms with van der Waals surface area (Å²) in [5, 5.41) is 3.76. The van der Waals surface area contributed by atoms with E-state index in [0.717, 1.165) is 40.8 Å². The van der Waals surface area contributed by atoms with Crippen LogP contribution in [0.2, 0.25) is 10.0 Å². The predicted octanol–water partition coefficient (Wildman–Crippen LogP) is 5.40. The van der Waals surface area contributed by atoms with E-state index >= 15 is 0 Å². The first-order valence-corrected chi connectivity index (χ1v) is 12.9. The van der Waals surface area contributed by atoms with Gasteiger partial charge in [-0.1, -0.05) is 60.3 Å². The fourth-order valence-electron chi connectivity index (χ4n) is 3.91. The van der Waals surface area contributed by atoms with Crippen LogP contribution in [-0.2, 0) is 16.6 Å². The van der Waals surface area contributed by atoms with Crippen molar-refractivity contribution in [3.05, 3.63) is 76.4 Å². The van der Waals surface area contributed by atoms with Gasteiger partial charge in [-0.3, -0.25) is 4.98 Å². The first-order valence-electron chi connectivity index (χ1n) is 10.7. The van der Waals surface area contributed by atoms with Gasteiger partial charge in [0.05, 0.1) is 10.9 Å². The van der Waals surface area contributed by atoms with Gasteiger partial charge in [0.2, 0.25) is 5.96 Å². The summed E-state index contributed by atoms with van der Waals surface area (Å²) in [4.78, 5) is 4.68. The van der Waals surface area contributed by atoms with E-state index in [4.69, 9.17) is 28.9 Å². The molecule has 2 aromatic carbocycles. The molecule has 0 spiro atoms. The lowest BCUT2D eigenvalue weighted by molar-refractivity contribution is 0.581. The van der Waals surface area contributed by atoms with Crippen LogP contribution in [0.5, 0.6) is 0 Å². The fourth-order valence-corrected chi connectivity index (χ4v) is 5.58. The lowest BCUT2D eigenvalue weighted by Gasteiger charge is -2.13. The zero-order valence-electron chi connectivity index (χ0n) is 17.8. The third kappa shape index (κ3) is 5.85. The van der Waals surface area contributed by atoms with Crippen molar-refractivity contribution in [1.29, 1.82) is 0 Å². The van der Waals surface area contributed by atoms with E-state index in [-0.39, 0.29) is 12.5 Å². The van der Waals surface area contributed by atoms with Gasteiger partial charge >= 0.3 is 0 Å². The number of hydrogen-bond acceptors (Lipinski definition) is 3. The highest BCUT2D eigenvalue weighted by atomic mass is 35.5. The maximum absolute atomic E-state index is 12.4. The molecule has 4 rings (SSSR count). The second kappa shape index (κ2) is 10.1. The minimum Gasteiger partial charge on any atom is -0.369 e. The van der Waals surface area contributed by atoms with Crippen molar-refractivity contribution in [2.75, 3.05) is 0 Å². The molecule has 1 fully saturated rings. The molecule has 1 aliphatic rings. The van der Waals surface area contributed by atoms with Crippen molar-refractivity contribution in [1.82, 2.24) is 10.3 Å². The second-order valence-electron chi connectivity index (χ2n) is 8.01. The van der Waals surface area contributed by atoms with Crippen LogP contribution in [0.15, 0.2) is 65.2 Å². The highest BCUT2D eigenvalue weighted by Gasteiger charge is 2.28. The summed E-state index contributed by atoms with van der Waals surface area (Å²) in [5.74, 6) is -0.114. The van der Waals surface area contributed by atoms with Gasteiger partial charge in [0.25, 0.3) is 10.0 Å². The Hall–Kier alpha value is -2.61. The minimum absolute atomic E-state index is 0.114. The number of halogens is 2. The summed E-state index contributed by atoms with van der Waals surface area (Å²) in [5.41, 5.74) is 10.3. The number of hydrogen-bond donors (Lipinski definition) is 2. The normalized spacial score (nSPS) is 15.0. The number of guanidine groups is 1. The maximum atomic E-state index is 12.4. The molecule has 6 nitrogen and oxygen atoms in total. The number of nitrogens with one attached hydrogen (secondary N) is 1. The van der Waals surface area contributed by atoms with Crippen LogP contribution in [0.3, 0.4) is 0 Å². The summed E-state index contributed by atoms with van der Waals surface area (Å²) in [7, 11) is -3.60. The molecule has 1 aromatic heterocycles. The molecule has 172 valence electrons. The number of rotatable bonds is 6. The Balaban J connectivity index is 1.60. The molecule has 1 aliphatic carbocycles. The zero-order valence-corrected chi connectivity index (χ0v) is 20.2. The first-order chi connectivity index (χ1) is 15.8. The topological polar surface area (TPSA) is 97.4 Å². The Morgan fingerprint density at radius 3 is 2.18 bits per heavy atom. The fraction of sp³-hybridized carbons (Fsp3) is 0.250. The molecule has 1 saturated carbocycles. The largest absolute Gasteiger partial charge is 0.369 e. The third-order valence-electron chi connectivity index (χ3n) is 5.64. The molecule has 0 unspecified atom stereocenters. The van der Waals surface area contributed by atoms with Crippen LogP contribution in [0, 0.1) is 0 Å². The van der Waals surface area contributed by atoms with Crippen LogP contribution in [0.25, 0.3) is 22.4 Å². The smallest absolute Gasteiger partial charge is 0.259 e. The molecule has 0 saturated heterocycles. The third-order valence-corrected chi connectivity index (χ3v) is 7.91. The Morgan fingerprint density at radius 1 is 1.00 bits per heavy atom. The minimum atomic E-state index is -3.60. The first kappa shape index (κ1) is 23.5. The molecular formula is C24H24Cl2N4O2S. The van der Waals surface area contributed by atoms with Crippen molar-refractivity contribution in [2.24, 2.45) is 10.1 Å². The van der Waals surface area contributed by atoms with Crippen molar-refractivity contribution in [3.63, 3.8) is 0 Å². The molecule has 0 aliphatic heterocycles. The van der Waals surface area contributed by atoms with Gasteiger partial charge in [0.1, 0.15) is 0 Å². The molecule has 9 heteroatoms. The molecule has 0 radical (unpaired) electrons. The van der Waals surface area contributed by atoms with E-state index in [1.165, 1.54) is 0 Å². The number of pyridine rings is 1. The van der Waals surface area contributed by atoms with Crippen molar-refractivity contribution >= 4 is 39.2 Å². The summed E-state index contributed by atoms with van der Waals surface area (Å²) in [6.07, 6.45) is 4.83. The van der Waals surface area contributed by atoms with Gasteiger partial charge in [-0.2, -0.15) is 0 Å². The highest BCUT2D eigenvalue weighted by molar-refractivity contribution is 7.90. The summed E-state index contributed by atoms with van der Waals surface area (Å²) >= 11 is 12.1. The number of benzene rings is 2. The van der Waals surface area contributed by atoms with Crippen molar-refractivity contribution in [2.45, 2.75) is 37.5 Å². The SMILES string of the molecule is NC(=NS(=O)(=O)C1CCCC1)NCc1cnc(-c2ccc(Cl)cc2)c(-c2ccc(Cl)cc2)c1. The van der Waals surface area contributed by atoms with Gasteiger partial charge in [-0.25, -0.2) is 8.42 Å². The van der Waals surface area contributed by atoms with Gasteiger partial charge in [0.15, 0.2) is 0 Å². The second-order valence-corrected chi connectivity index (χ2v) is 10.8. The van der Waals surface area contributed by atoms with Crippen LogP contribution in [0.4, 0.5) is 0 Å². The van der Waals surface area contributed by atoms with Crippen LogP contribution in [-0.4, -0.2) is 24.6 Å². The van der Waals surface area contributed by atoms with Gasteiger partial charge in [-0.15, -0.1) is 4.40 Å². The number of nitrogens with zero attached hydrogens (tertiary/aromatic N) is 2. The molecule has 33 heavy (non-hydrogen) atoms. The van der Waals surface area contributed by atoms with E-state index < -0.39 is 15.3 Å². The van der Waals surface area contributed by atoms with E-state index in [2.05, 4.69) is 14.7 Å².